The molecule has 0 aliphatic heterocycles. The molecule has 0 saturated heterocycles. The number of thiazole rings is 1. The topological polar surface area (TPSA) is 68.9 Å². The van der Waals surface area contributed by atoms with Crippen molar-refractivity contribution in [2.75, 3.05) is 19.6 Å². The molecule has 0 saturated carbocycles. The van der Waals surface area contributed by atoms with Gasteiger partial charge in [-0.2, -0.15) is 5.10 Å². The lowest BCUT2D eigenvalue weighted by atomic mass is 10.1. The maximum atomic E-state index is 6.42. The molecule has 8 heteroatoms. The third kappa shape index (κ3) is 4.13. The number of methoxy groups -OCH3 is 2. The minimum Gasteiger partial charge on any atom is -0.493 e. The molecule has 166 valence electrons. The highest BCUT2D eigenvalue weighted by atomic mass is 35.5. The van der Waals surface area contributed by atoms with E-state index in [9.17, 15) is 0 Å². The number of nitrogens with one attached hydrogen (secondary N) is 1. The quantitative estimate of drug-likeness (QED) is 0.288. The van der Waals surface area contributed by atoms with Crippen molar-refractivity contribution >= 4 is 49.3 Å². The van der Waals surface area contributed by atoms with Gasteiger partial charge in [-0.15, -0.1) is 0 Å². The fraction of sp³-hybridized carbons (Fsp3) is 0.120. The van der Waals surface area contributed by atoms with Crippen molar-refractivity contribution in [2.45, 2.75) is 6.92 Å². The predicted octanol–water partition coefficient (Wildman–Crippen LogP) is 6.62. The van der Waals surface area contributed by atoms with E-state index in [0.29, 0.717) is 38.4 Å². The van der Waals surface area contributed by atoms with Gasteiger partial charge in [0.05, 0.1) is 29.8 Å². The molecule has 2 heterocycles. The molecule has 0 radical (unpaired) electrons. The van der Waals surface area contributed by atoms with E-state index in [-0.39, 0.29) is 0 Å². The van der Waals surface area contributed by atoms with Gasteiger partial charge in [0.15, 0.2) is 11.5 Å². The average molecular weight is 478 g/mol. The highest BCUT2D eigenvalue weighted by molar-refractivity contribution is 7.22. The van der Waals surface area contributed by atoms with Gasteiger partial charge in [0.25, 0.3) is 0 Å². The zero-order valence-corrected chi connectivity index (χ0v) is 19.8. The minimum atomic E-state index is 0.615. The number of halogens is 1. The van der Waals surface area contributed by atoms with Crippen LogP contribution in [0.1, 0.15) is 5.56 Å². The summed E-state index contributed by atoms with van der Waals surface area (Å²) in [6, 6.07) is 19.3. The average Bonchev–Trinajstić information content (AvgIpc) is 3.26. The van der Waals surface area contributed by atoms with Gasteiger partial charge < -0.3 is 13.9 Å². The Labute approximate surface area is 199 Å². The largest absolute Gasteiger partial charge is 0.493 e. The minimum absolute atomic E-state index is 0.615. The van der Waals surface area contributed by atoms with Gasteiger partial charge in [0.2, 0.25) is 5.13 Å². The van der Waals surface area contributed by atoms with Crippen LogP contribution >= 0.6 is 22.9 Å². The molecule has 33 heavy (non-hydrogen) atoms. The van der Waals surface area contributed by atoms with E-state index < -0.39 is 0 Å². The molecule has 1 N–H and O–H groups in total. The molecule has 0 atom stereocenters. The Morgan fingerprint density at radius 3 is 2.61 bits per heavy atom. The van der Waals surface area contributed by atoms with Crippen molar-refractivity contribution in [2.24, 2.45) is 5.10 Å². The molecule has 2 aromatic heterocycles. The molecule has 3 aromatic carbocycles. The highest BCUT2D eigenvalue weighted by Crippen LogP contribution is 2.33. The van der Waals surface area contributed by atoms with Crippen molar-refractivity contribution in [3.63, 3.8) is 0 Å². The molecule has 0 fully saturated rings. The van der Waals surface area contributed by atoms with E-state index in [0.717, 1.165) is 26.7 Å². The SMILES string of the molecule is COc1ccc(-c2cc(=NNc3nc4ccccc4s3)c3cc(Cl)c(C)cc3o2)cc1OC. The van der Waals surface area contributed by atoms with Crippen LogP contribution in [0.2, 0.25) is 5.02 Å². The maximum Gasteiger partial charge on any atom is 0.204 e. The number of anilines is 1. The Kier molecular flexibility index (Phi) is 5.66. The van der Waals surface area contributed by atoms with E-state index in [2.05, 4.69) is 15.5 Å². The van der Waals surface area contributed by atoms with Crippen LogP contribution in [0.5, 0.6) is 11.5 Å². The molecule has 0 aliphatic carbocycles. The first kappa shape index (κ1) is 21.3. The zero-order chi connectivity index (χ0) is 22.9. The number of hydrogen-bond donors (Lipinski definition) is 1. The fourth-order valence-corrected chi connectivity index (χ4v) is 4.51. The molecule has 0 aliphatic rings. The predicted molar refractivity (Wildman–Crippen MR) is 133 cm³/mol. The van der Waals surface area contributed by atoms with Gasteiger partial charge >= 0.3 is 0 Å². The second kappa shape index (κ2) is 8.77. The highest BCUT2D eigenvalue weighted by Gasteiger charge is 2.12. The van der Waals surface area contributed by atoms with Crippen molar-refractivity contribution in [1.82, 2.24) is 4.98 Å². The van der Waals surface area contributed by atoms with E-state index in [4.69, 9.17) is 25.5 Å². The number of ether oxygens (including phenoxy) is 2. The lowest BCUT2D eigenvalue weighted by Gasteiger charge is -2.10. The Morgan fingerprint density at radius 1 is 1.00 bits per heavy atom. The summed E-state index contributed by atoms with van der Waals surface area (Å²) < 4.78 is 18.1. The van der Waals surface area contributed by atoms with E-state index in [1.165, 1.54) is 0 Å². The second-order valence-electron chi connectivity index (χ2n) is 7.37. The molecular weight excluding hydrogens is 458 g/mol. The first-order valence-corrected chi connectivity index (χ1v) is 11.4. The standard InChI is InChI=1S/C25H20ClN3O3S/c1-14-10-22-16(12-17(14)26)19(28-29-25-27-18-6-4-5-7-24(18)33-25)13-21(32-22)15-8-9-20(30-2)23(11-15)31-3/h4-13H,1-3H3,(H,27,29). The van der Waals surface area contributed by atoms with E-state index >= 15 is 0 Å². The molecule has 0 amide bonds. The summed E-state index contributed by atoms with van der Waals surface area (Å²) in [5.41, 5.74) is 6.45. The molecular formula is C25H20ClN3O3S. The molecule has 5 rings (SSSR count). The molecule has 5 aromatic rings. The third-order valence-corrected chi connectivity index (χ3v) is 6.61. The summed E-state index contributed by atoms with van der Waals surface area (Å²) in [6.45, 7) is 1.94. The lowest BCUT2D eigenvalue weighted by molar-refractivity contribution is 0.355. The fourth-order valence-electron chi connectivity index (χ4n) is 3.54. The summed E-state index contributed by atoms with van der Waals surface area (Å²) in [5.74, 6) is 1.89. The summed E-state index contributed by atoms with van der Waals surface area (Å²) >= 11 is 7.96. The Balaban J connectivity index is 1.66. The Morgan fingerprint density at radius 2 is 1.82 bits per heavy atom. The van der Waals surface area contributed by atoms with E-state index in [1.54, 1.807) is 25.6 Å². The van der Waals surface area contributed by atoms with Gasteiger partial charge in [0.1, 0.15) is 11.3 Å². The van der Waals surface area contributed by atoms with Crippen molar-refractivity contribution in [3.05, 3.63) is 76.6 Å². The summed E-state index contributed by atoms with van der Waals surface area (Å²) in [5, 5.41) is 7.48. The number of aryl methyl sites for hydroxylation is 1. The smallest absolute Gasteiger partial charge is 0.204 e. The number of benzene rings is 3. The Bertz CT molecular complexity index is 1530. The molecule has 6 nitrogen and oxygen atoms in total. The van der Waals surface area contributed by atoms with Gasteiger partial charge in [-0.05, 0) is 55.0 Å². The third-order valence-electron chi connectivity index (χ3n) is 5.26. The normalized spacial score (nSPS) is 11.8. The van der Waals surface area contributed by atoms with Crippen molar-refractivity contribution in [1.29, 1.82) is 0 Å². The van der Waals surface area contributed by atoms with Crippen LogP contribution in [-0.4, -0.2) is 19.2 Å². The summed E-state index contributed by atoms with van der Waals surface area (Å²) in [6.07, 6.45) is 0. The number of nitrogens with zero attached hydrogens (tertiary/aromatic N) is 2. The first-order valence-electron chi connectivity index (χ1n) is 10.2. The van der Waals surface area contributed by atoms with Crippen LogP contribution in [0, 0.1) is 6.92 Å². The first-order chi connectivity index (χ1) is 16.1. The lowest BCUT2D eigenvalue weighted by Crippen LogP contribution is -2.07. The van der Waals surface area contributed by atoms with Gasteiger partial charge in [0, 0.05) is 22.0 Å². The van der Waals surface area contributed by atoms with Crippen LogP contribution in [-0.2, 0) is 0 Å². The zero-order valence-electron chi connectivity index (χ0n) is 18.2. The van der Waals surface area contributed by atoms with Crippen LogP contribution in [0.25, 0.3) is 32.5 Å². The number of rotatable bonds is 5. The van der Waals surface area contributed by atoms with Crippen LogP contribution < -0.4 is 20.3 Å². The number of hydrogen-bond acceptors (Lipinski definition) is 7. The van der Waals surface area contributed by atoms with Gasteiger partial charge in [-0.1, -0.05) is 35.1 Å². The van der Waals surface area contributed by atoms with Crippen molar-refractivity contribution < 1.29 is 13.9 Å². The number of aromatic nitrogens is 1. The summed E-state index contributed by atoms with van der Waals surface area (Å²) in [7, 11) is 3.21. The molecule has 0 bridgehead atoms. The number of fused-ring (bicyclic) bond motifs is 2. The molecule has 0 unspecified atom stereocenters. The summed E-state index contributed by atoms with van der Waals surface area (Å²) in [4.78, 5) is 4.60. The van der Waals surface area contributed by atoms with Crippen LogP contribution in [0.15, 0.2) is 70.2 Å². The van der Waals surface area contributed by atoms with Crippen LogP contribution in [0.3, 0.4) is 0 Å². The van der Waals surface area contributed by atoms with Crippen LogP contribution in [0.4, 0.5) is 5.13 Å². The Hall–Kier alpha value is -3.55. The monoisotopic (exact) mass is 477 g/mol. The van der Waals surface area contributed by atoms with Gasteiger partial charge in [-0.25, -0.2) is 4.98 Å². The number of para-hydroxylation sites is 1. The second-order valence-corrected chi connectivity index (χ2v) is 8.81. The van der Waals surface area contributed by atoms with Gasteiger partial charge in [-0.3, -0.25) is 5.43 Å². The van der Waals surface area contributed by atoms with E-state index in [1.807, 2.05) is 67.6 Å². The van der Waals surface area contributed by atoms with Crippen molar-refractivity contribution in [3.8, 4) is 22.8 Å². The maximum absolute atomic E-state index is 6.42. The molecule has 0 spiro atoms.